The van der Waals surface area contributed by atoms with E-state index in [1.807, 2.05) is 18.9 Å². The lowest BCUT2D eigenvalue weighted by atomic mass is 10.1. The highest BCUT2D eigenvalue weighted by molar-refractivity contribution is 7.15. The van der Waals surface area contributed by atoms with Crippen LogP contribution < -0.4 is 4.90 Å². The van der Waals surface area contributed by atoms with Crippen LogP contribution in [0.5, 0.6) is 0 Å². The molecule has 1 N–H and O–H groups in total. The molecule has 0 bridgehead atoms. The van der Waals surface area contributed by atoms with Gasteiger partial charge < -0.3 is 10.0 Å². The van der Waals surface area contributed by atoms with Crippen LogP contribution in [0.4, 0.5) is 9.52 Å². The molecule has 0 saturated carbocycles. The number of nitrogens with zero attached hydrogens (tertiary/aromatic N) is 3. The Morgan fingerprint density at radius 3 is 2.79 bits per heavy atom. The first-order valence-corrected chi connectivity index (χ1v) is 6.83. The Bertz CT molecular complexity index is 546. The Morgan fingerprint density at radius 1 is 1.37 bits per heavy atom. The van der Waals surface area contributed by atoms with Gasteiger partial charge in [-0.25, -0.2) is 4.39 Å². The minimum atomic E-state index is -0.226. The molecule has 0 aliphatic carbocycles. The summed E-state index contributed by atoms with van der Waals surface area (Å²) in [7, 11) is 1.86. The second-order valence-electron chi connectivity index (χ2n) is 4.39. The van der Waals surface area contributed by atoms with Gasteiger partial charge in [-0.3, -0.25) is 0 Å². The zero-order valence-corrected chi connectivity index (χ0v) is 11.7. The fourth-order valence-corrected chi connectivity index (χ4v) is 2.50. The lowest BCUT2D eigenvalue weighted by Crippen LogP contribution is -2.31. The second-order valence-corrected chi connectivity index (χ2v) is 5.43. The molecule has 1 aromatic heterocycles. The van der Waals surface area contributed by atoms with E-state index in [1.54, 1.807) is 18.2 Å². The molecule has 1 heterocycles. The number of aliphatic hydroxyl groups excluding tert-OH is 1. The van der Waals surface area contributed by atoms with Crippen LogP contribution in [0.2, 0.25) is 0 Å². The summed E-state index contributed by atoms with van der Waals surface area (Å²) < 4.78 is 13.5. The van der Waals surface area contributed by atoms with Crippen molar-refractivity contribution in [1.82, 2.24) is 10.2 Å². The first-order valence-electron chi connectivity index (χ1n) is 6.01. The average Bonchev–Trinajstić information content (AvgIpc) is 2.88. The van der Waals surface area contributed by atoms with Crippen molar-refractivity contribution < 1.29 is 9.50 Å². The van der Waals surface area contributed by atoms with Gasteiger partial charge >= 0.3 is 0 Å². The summed E-state index contributed by atoms with van der Waals surface area (Å²) >= 11 is 1.41. The number of hydrogen-bond donors (Lipinski definition) is 1. The molecule has 2 rings (SSSR count). The number of aromatic nitrogens is 2. The van der Waals surface area contributed by atoms with Gasteiger partial charge in [-0.15, -0.1) is 10.2 Å². The molecule has 0 aliphatic rings. The predicted octanol–water partition coefficient (Wildman–Crippen LogP) is 2.08. The van der Waals surface area contributed by atoms with Crippen molar-refractivity contribution in [2.24, 2.45) is 0 Å². The molecule has 102 valence electrons. The third-order valence-corrected chi connectivity index (χ3v) is 4.00. The fraction of sp³-hybridized carbons (Fsp3) is 0.385. The number of hydrogen-bond acceptors (Lipinski definition) is 5. The largest absolute Gasteiger partial charge is 0.394 e. The molecule has 0 amide bonds. The van der Waals surface area contributed by atoms with E-state index in [4.69, 9.17) is 5.11 Å². The predicted molar refractivity (Wildman–Crippen MR) is 74.1 cm³/mol. The Morgan fingerprint density at radius 2 is 2.11 bits per heavy atom. The van der Waals surface area contributed by atoms with Crippen LogP contribution in [0.15, 0.2) is 24.3 Å². The topological polar surface area (TPSA) is 49.2 Å². The van der Waals surface area contributed by atoms with Crippen LogP contribution in [-0.2, 0) is 6.42 Å². The van der Waals surface area contributed by atoms with Crippen molar-refractivity contribution in [2.45, 2.75) is 19.4 Å². The maximum Gasteiger partial charge on any atom is 0.208 e. The summed E-state index contributed by atoms with van der Waals surface area (Å²) in [5.41, 5.74) is 0.614. The normalized spacial score (nSPS) is 12.4. The smallest absolute Gasteiger partial charge is 0.208 e. The molecular weight excluding hydrogens is 265 g/mol. The molecule has 6 heteroatoms. The molecular formula is C13H16FN3OS. The van der Waals surface area contributed by atoms with Crippen LogP contribution in [-0.4, -0.2) is 35.0 Å². The van der Waals surface area contributed by atoms with E-state index < -0.39 is 0 Å². The number of benzene rings is 1. The van der Waals surface area contributed by atoms with Crippen molar-refractivity contribution in [3.63, 3.8) is 0 Å². The summed E-state index contributed by atoms with van der Waals surface area (Å²) in [6.45, 7) is 1.96. The van der Waals surface area contributed by atoms with Gasteiger partial charge in [0.2, 0.25) is 5.13 Å². The van der Waals surface area contributed by atoms with Crippen molar-refractivity contribution in [2.75, 3.05) is 18.6 Å². The van der Waals surface area contributed by atoms with Gasteiger partial charge in [0.05, 0.1) is 12.6 Å². The summed E-state index contributed by atoms with van der Waals surface area (Å²) in [5.74, 6) is -0.226. The molecule has 2 aromatic rings. The minimum Gasteiger partial charge on any atom is -0.394 e. The number of anilines is 1. The summed E-state index contributed by atoms with van der Waals surface area (Å²) in [6.07, 6.45) is 0.436. The van der Waals surface area contributed by atoms with Gasteiger partial charge in [0.25, 0.3) is 0 Å². The van der Waals surface area contributed by atoms with Gasteiger partial charge in [0.15, 0.2) is 0 Å². The standard InChI is InChI=1S/C13H16FN3OS/c1-9(8-18)17(2)13-16-15-12(19-13)7-10-5-3-4-6-11(10)14/h3-6,9,18H,7-8H2,1-2H3. The van der Waals surface area contributed by atoms with E-state index >= 15 is 0 Å². The lowest BCUT2D eigenvalue weighted by molar-refractivity contribution is 0.270. The molecule has 1 aromatic carbocycles. The Kier molecular flexibility index (Phi) is 4.44. The first kappa shape index (κ1) is 13.9. The summed E-state index contributed by atoms with van der Waals surface area (Å²) in [5, 5.41) is 18.7. The molecule has 4 nitrogen and oxygen atoms in total. The third kappa shape index (κ3) is 3.27. The van der Waals surface area contributed by atoms with Crippen molar-refractivity contribution >= 4 is 16.5 Å². The molecule has 0 aliphatic heterocycles. The van der Waals surface area contributed by atoms with Crippen LogP contribution in [0.1, 0.15) is 17.5 Å². The van der Waals surface area contributed by atoms with Crippen LogP contribution >= 0.6 is 11.3 Å². The van der Waals surface area contributed by atoms with Crippen LogP contribution in [0.25, 0.3) is 0 Å². The summed E-state index contributed by atoms with van der Waals surface area (Å²) in [4.78, 5) is 1.86. The third-order valence-electron chi connectivity index (χ3n) is 2.98. The van der Waals surface area contributed by atoms with Crippen molar-refractivity contribution in [3.8, 4) is 0 Å². The van der Waals surface area contributed by atoms with Gasteiger partial charge in [-0.05, 0) is 18.6 Å². The van der Waals surface area contributed by atoms with Crippen LogP contribution in [0.3, 0.4) is 0 Å². The van der Waals surface area contributed by atoms with Gasteiger partial charge in [-0.2, -0.15) is 0 Å². The quantitative estimate of drug-likeness (QED) is 0.911. The molecule has 1 atom stereocenters. The highest BCUT2D eigenvalue weighted by Crippen LogP contribution is 2.23. The van der Waals surface area contributed by atoms with Gasteiger partial charge in [-0.1, -0.05) is 29.5 Å². The van der Waals surface area contributed by atoms with Crippen molar-refractivity contribution in [1.29, 1.82) is 0 Å². The van der Waals surface area contributed by atoms with E-state index in [0.717, 1.165) is 10.1 Å². The van der Waals surface area contributed by atoms with E-state index in [0.29, 0.717) is 12.0 Å². The highest BCUT2D eigenvalue weighted by atomic mass is 32.1. The molecule has 19 heavy (non-hydrogen) atoms. The maximum atomic E-state index is 13.5. The number of rotatable bonds is 5. The SMILES string of the molecule is CC(CO)N(C)c1nnc(Cc2ccccc2F)s1. The molecule has 0 saturated heterocycles. The van der Waals surface area contributed by atoms with Gasteiger partial charge in [0.1, 0.15) is 10.8 Å². The number of aliphatic hydroxyl groups is 1. The molecule has 0 radical (unpaired) electrons. The average molecular weight is 281 g/mol. The van der Waals surface area contributed by atoms with Crippen molar-refractivity contribution in [3.05, 3.63) is 40.7 Å². The zero-order chi connectivity index (χ0) is 13.8. The monoisotopic (exact) mass is 281 g/mol. The summed E-state index contributed by atoms with van der Waals surface area (Å²) in [6, 6.07) is 6.64. The van der Waals surface area contributed by atoms with Crippen LogP contribution in [0, 0.1) is 5.82 Å². The Hall–Kier alpha value is -1.53. The van der Waals surface area contributed by atoms with E-state index in [-0.39, 0.29) is 18.5 Å². The van der Waals surface area contributed by atoms with Gasteiger partial charge in [0, 0.05) is 13.5 Å². The van der Waals surface area contributed by atoms with E-state index in [2.05, 4.69) is 10.2 Å². The lowest BCUT2D eigenvalue weighted by Gasteiger charge is -2.21. The first-order chi connectivity index (χ1) is 9.11. The molecule has 1 unspecified atom stereocenters. The Labute approximate surface area is 115 Å². The number of halogens is 1. The van der Waals surface area contributed by atoms with E-state index in [1.165, 1.54) is 17.4 Å². The highest BCUT2D eigenvalue weighted by Gasteiger charge is 2.14. The maximum absolute atomic E-state index is 13.5. The molecule has 0 spiro atoms. The fourth-order valence-electron chi connectivity index (χ4n) is 1.57. The zero-order valence-electron chi connectivity index (χ0n) is 10.9. The Balaban J connectivity index is 2.12. The van der Waals surface area contributed by atoms with E-state index in [9.17, 15) is 4.39 Å². The second kappa shape index (κ2) is 6.08. The molecule has 0 fully saturated rings. The minimum absolute atomic E-state index is 0.0192. The number of likely N-dealkylation sites (N-methyl/N-ethyl adjacent to an activating group) is 1.